The second-order valence-corrected chi connectivity index (χ2v) is 9.13. The first kappa shape index (κ1) is 16.9. The molecule has 3 aromatic carbocycles. The van der Waals surface area contributed by atoms with Crippen LogP contribution >= 0.6 is 27.5 Å². The van der Waals surface area contributed by atoms with Crippen LogP contribution in [0.4, 0.5) is 0 Å². The van der Waals surface area contributed by atoms with E-state index in [-0.39, 0.29) is 5.41 Å². The molecule has 1 heterocycles. The van der Waals surface area contributed by atoms with Gasteiger partial charge in [0.05, 0.1) is 9.89 Å². The van der Waals surface area contributed by atoms with Crippen molar-refractivity contribution in [1.82, 2.24) is 0 Å². The van der Waals surface area contributed by atoms with Gasteiger partial charge < -0.3 is 4.74 Å². The standard InChI is InChI=1S/C25H18BrClO/c26-20-13-14-21(27)23-24(20)28-22-12-6-5-11-19(22)25(23)17-9-3-1-7-15(17)16-8-2-4-10-18(16)25/h1-3,5-9,11-14,16,18H,4,10H2. The maximum atomic E-state index is 6.93. The minimum absolute atomic E-state index is 0.295. The maximum absolute atomic E-state index is 6.93. The lowest BCUT2D eigenvalue weighted by Crippen LogP contribution is -2.39. The van der Waals surface area contributed by atoms with Crippen molar-refractivity contribution < 1.29 is 4.74 Å². The Morgan fingerprint density at radius 1 is 0.964 bits per heavy atom. The molecule has 1 aliphatic heterocycles. The highest BCUT2D eigenvalue weighted by molar-refractivity contribution is 9.10. The van der Waals surface area contributed by atoms with Gasteiger partial charge in [0.25, 0.3) is 0 Å². The molecule has 28 heavy (non-hydrogen) atoms. The van der Waals surface area contributed by atoms with Gasteiger partial charge >= 0.3 is 0 Å². The predicted octanol–water partition coefficient (Wildman–Crippen LogP) is 7.61. The lowest BCUT2D eigenvalue weighted by molar-refractivity contribution is 0.311. The van der Waals surface area contributed by atoms with Crippen LogP contribution in [0.3, 0.4) is 0 Å². The van der Waals surface area contributed by atoms with E-state index in [9.17, 15) is 0 Å². The van der Waals surface area contributed by atoms with Crippen molar-refractivity contribution in [2.24, 2.45) is 5.92 Å². The summed E-state index contributed by atoms with van der Waals surface area (Å²) in [6.45, 7) is 0. The van der Waals surface area contributed by atoms with Crippen LogP contribution in [-0.2, 0) is 5.41 Å². The second-order valence-electron chi connectivity index (χ2n) is 7.86. The summed E-state index contributed by atoms with van der Waals surface area (Å²) >= 11 is 10.7. The van der Waals surface area contributed by atoms with Crippen LogP contribution < -0.4 is 4.74 Å². The monoisotopic (exact) mass is 448 g/mol. The first-order chi connectivity index (χ1) is 13.7. The number of fused-ring (bicyclic) bond motifs is 9. The zero-order valence-electron chi connectivity index (χ0n) is 15.2. The van der Waals surface area contributed by atoms with Crippen LogP contribution in [0.5, 0.6) is 11.5 Å². The number of allylic oxidation sites excluding steroid dienone is 2. The number of benzene rings is 3. The molecule has 3 unspecified atom stereocenters. The van der Waals surface area contributed by atoms with Crippen LogP contribution in [-0.4, -0.2) is 0 Å². The molecule has 1 nitrogen and oxygen atoms in total. The van der Waals surface area contributed by atoms with Gasteiger partial charge in [-0.05, 0) is 64.0 Å². The summed E-state index contributed by atoms with van der Waals surface area (Å²) in [7, 11) is 0. The van der Waals surface area contributed by atoms with E-state index in [0.29, 0.717) is 11.8 Å². The number of ether oxygens (including phenoxy) is 1. The Balaban J connectivity index is 1.81. The van der Waals surface area contributed by atoms with Crippen LogP contribution in [0, 0.1) is 5.92 Å². The average Bonchev–Trinajstić information content (AvgIpc) is 3.03. The number of hydrogen-bond donors (Lipinski definition) is 0. The van der Waals surface area contributed by atoms with Crippen molar-refractivity contribution in [3.05, 3.63) is 105 Å². The number of halogens is 2. The van der Waals surface area contributed by atoms with Crippen LogP contribution in [0.1, 0.15) is 41.0 Å². The third-order valence-electron chi connectivity index (χ3n) is 6.70. The summed E-state index contributed by atoms with van der Waals surface area (Å²) in [4.78, 5) is 0. The Morgan fingerprint density at radius 2 is 1.75 bits per heavy atom. The van der Waals surface area contributed by atoms with Gasteiger partial charge in [0.15, 0.2) is 0 Å². The summed E-state index contributed by atoms with van der Waals surface area (Å²) in [5, 5.41) is 0.776. The highest BCUT2D eigenvalue weighted by Crippen LogP contribution is 2.67. The Hall–Kier alpha value is -2.03. The topological polar surface area (TPSA) is 9.23 Å². The minimum atomic E-state index is -0.295. The molecule has 6 rings (SSSR count). The fraction of sp³-hybridized carbons (Fsp3) is 0.200. The molecule has 3 atom stereocenters. The molecule has 0 bridgehead atoms. The molecule has 3 aromatic rings. The largest absolute Gasteiger partial charge is 0.455 e. The van der Waals surface area contributed by atoms with Gasteiger partial charge in [-0.25, -0.2) is 0 Å². The van der Waals surface area contributed by atoms with E-state index in [4.69, 9.17) is 16.3 Å². The van der Waals surface area contributed by atoms with Crippen LogP contribution in [0.15, 0.2) is 77.3 Å². The van der Waals surface area contributed by atoms with Gasteiger partial charge in [-0.3, -0.25) is 0 Å². The lowest BCUT2D eigenvalue weighted by atomic mass is 9.60. The molecule has 0 radical (unpaired) electrons. The number of para-hydroxylation sites is 1. The SMILES string of the molecule is Clc1ccc(Br)c2c1C1(c3ccccc3O2)c2ccccc2C2C=CCCC21. The third-order valence-corrected chi connectivity index (χ3v) is 7.64. The first-order valence-electron chi connectivity index (χ1n) is 9.75. The maximum Gasteiger partial charge on any atom is 0.147 e. The molecule has 0 fully saturated rings. The summed E-state index contributed by atoms with van der Waals surface area (Å²) < 4.78 is 7.37. The molecule has 0 amide bonds. The molecule has 2 aliphatic carbocycles. The van der Waals surface area contributed by atoms with Gasteiger partial charge in [0, 0.05) is 22.1 Å². The second kappa shape index (κ2) is 5.98. The minimum Gasteiger partial charge on any atom is -0.455 e. The van der Waals surface area contributed by atoms with E-state index in [1.54, 1.807) is 0 Å². The zero-order chi connectivity index (χ0) is 18.9. The van der Waals surface area contributed by atoms with Crippen LogP contribution in [0.2, 0.25) is 5.02 Å². The normalized spacial score (nSPS) is 26.2. The lowest BCUT2D eigenvalue weighted by Gasteiger charge is -2.44. The molecule has 0 saturated heterocycles. The van der Waals surface area contributed by atoms with E-state index in [1.165, 1.54) is 16.7 Å². The molecular formula is C25H18BrClO. The summed E-state index contributed by atoms with van der Waals surface area (Å²) in [5.41, 5.74) is 4.84. The third kappa shape index (κ3) is 1.98. The molecule has 3 heteroatoms. The van der Waals surface area contributed by atoms with E-state index in [0.717, 1.165) is 39.4 Å². The zero-order valence-corrected chi connectivity index (χ0v) is 17.5. The molecule has 0 saturated carbocycles. The van der Waals surface area contributed by atoms with E-state index < -0.39 is 0 Å². The molecule has 138 valence electrons. The Bertz CT molecular complexity index is 1150. The Morgan fingerprint density at radius 3 is 2.64 bits per heavy atom. The summed E-state index contributed by atoms with van der Waals surface area (Å²) in [5.74, 6) is 2.61. The molecule has 3 aliphatic rings. The predicted molar refractivity (Wildman–Crippen MR) is 117 cm³/mol. The van der Waals surface area contributed by atoms with Gasteiger partial charge in [-0.1, -0.05) is 66.2 Å². The van der Waals surface area contributed by atoms with Crippen molar-refractivity contribution in [1.29, 1.82) is 0 Å². The number of rotatable bonds is 0. The first-order valence-corrected chi connectivity index (χ1v) is 10.9. The van der Waals surface area contributed by atoms with Crippen LogP contribution in [0.25, 0.3) is 0 Å². The quantitative estimate of drug-likeness (QED) is 0.321. The average molecular weight is 450 g/mol. The van der Waals surface area contributed by atoms with Gasteiger partial charge in [-0.15, -0.1) is 0 Å². The van der Waals surface area contributed by atoms with E-state index >= 15 is 0 Å². The van der Waals surface area contributed by atoms with Crippen molar-refractivity contribution in [2.45, 2.75) is 24.2 Å². The summed E-state index contributed by atoms with van der Waals surface area (Å²) in [6, 6.07) is 21.4. The fourth-order valence-electron chi connectivity index (χ4n) is 5.78. The molecule has 0 N–H and O–H groups in total. The van der Waals surface area contributed by atoms with E-state index in [2.05, 4.69) is 76.6 Å². The van der Waals surface area contributed by atoms with Crippen molar-refractivity contribution in [3.63, 3.8) is 0 Å². The Labute approximate surface area is 178 Å². The molecular weight excluding hydrogens is 432 g/mol. The number of hydrogen-bond acceptors (Lipinski definition) is 1. The van der Waals surface area contributed by atoms with Crippen molar-refractivity contribution in [2.75, 3.05) is 0 Å². The molecule has 0 aromatic heterocycles. The summed E-state index contributed by atoms with van der Waals surface area (Å²) in [6.07, 6.45) is 6.98. The van der Waals surface area contributed by atoms with Gasteiger partial charge in [0.1, 0.15) is 11.5 Å². The van der Waals surface area contributed by atoms with Gasteiger partial charge in [-0.2, -0.15) is 0 Å². The fourth-order valence-corrected chi connectivity index (χ4v) is 6.49. The smallest absolute Gasteiger partial charge is 0.147 e. The Kier molecular flexibility index (Phi) is 3.61. The molecule has 1 spiro atoms. The van der Waals surface area contributed by atoms with Crippen molar-refractivity contribution >= 4 is 27.5 Å². The van der Waals surface area contributed by atoms with Gasteiger partial charge in [0.2, 0.25) is 0 Å². The van der Waals surface area contributed by atoms with E-state index in [1.807, 2.05) is 12.1 Å². The van der Waals surface area contributed by atoms with Crippen molar-refractivity contribution in [3.8, 4) is 11.5 Å². The highest BCUT2D eigenvalue weighted by Gasteiger charge is 2.58. The highest BCUT2D eigenvalue weighted by atomic mass is 79.9.